The molecule has 0 unspecified atom stereocenters. The van der Waals surface area contributed by atoms with Gasteiger partial charge >= 0.3 is 5.24 Å². The molecule has 3 N–H and O–H groups in total. The van der Waals surface area contributed by atoms with Crippen LogP contribution in [-0.4, -0.2) is 16.6 Å². The fourth-order valence-electron chi connectivity index (χ4n) is 1.69. The maximum absolute atomic E-state index is 11.6. The molecule has 0 fully saturated rings. The molecule has 1 amide bonds. The van der Waals surface area contributed by atoms with E-state index in [0.717, 1.165) is 23.3 Å². The number of pyridine rings is 1. The molecule has 1 aromatic heterocycles. The average molecular weight is 317 g/mol. The number of carbonyl (C=O) groups excluding carboxylic acids is 1. The summed E-state index contributed by atoms with van der Waals surface area (Å²) in [4.78, 5) is 11.6. The summed E-state index contributed by atoms with van der Waals surface area (Å²) in [5.41, 5.74) is 4.69. The first-order valence-corrected chi connectivity index (χ1v) is 7.39. The largest absolute Gasteiger partial charge is 0.502 e. The highest BCUT2D eigenvalue weighted by atomic mass is 32.2. The molecule has 1 heterocycles. The second-order valence-electron chi connectivity index (χ2n) is 4.53. The highest BCUT2D eigenvalue weighted by Gasteiger charge is 2.13. The summed E-state index contributed by atoms with van der Waals surface area (Å²) in [6, 6.07) is 12.7. The first-order chi connectivity index (χ1) is 10.6. The Morgan fingerprint density at radius 1 is 1.27 bits per heavy atom. The van der Waals surface area contributed by atoms with E-state index in [4.69, 9.17) is 0 Å². The molecule has 0 bridgehead atoms. The van der Waals surface area contributed by atoms with Crippen LogP contribution in [0.1, 0.15) is 11.4 Å². The Labute approximate surface area is 133 Å². The molecule has 114 valence electrons. The van der Waals surface area contributed by atoms with E-state index in [0.29, 0.717) is 5.69 Å². The van der Waals surface area contributed by atoms with Gasteiger partial charge in [0.2, 0.25) is 0 Å². The van der Waals surface area contributed by atoms with Crippen LogP contribution in [0.3, 0.4) is 0 Å². The fraction of sp³-hybridized carbons (Fsp3) is 0.133. The van der Waals surface area contributed by atoms with Crippen LogP contribution in [0, 0.1) is 6.92 Å². The minimum atomic E-state index is -0.352. The third-order valence-corrected chi connectivity index (χ3v) is 3.63. The van der Waals surface area contributed by atoms with Crippen molar-refractivity contribution in [1.82, 2.24) is 5.43 Å². The predicted octanol–water partition coefficient (Wildman–Crippen LogP) is 2.33. The number of nitrogens with zero attached hydrogens (tertiary/aromatic N) is 2. The minimum Gasteiger partial charge on any atom is -0.502 e. The maximum Gasteiger partial charge on any atom is 0.319 e. The molecule has 2 rings (SSSR count). The van der Waals surface area contributed by atoms with Crippen LogP contribution in [-0.2, 0) is 7.05 Å². The van der Waals surface area contributed by atoms with E-state index in [2.05, 4.69) is 15.2 Å². The van der Waals surface area contributed by atoms with Gasteiger partial charge in [-0.2, -0.15) is 9.67 Å². The number of aromatic hydroxyl groups is 1. The second kappa shape index (κ2) is 7.46. The number of para-hydroxylation sites is 1. The van der Waals surface area contributed by atoms with Gasteiger partial charge in [0.05, 0.1) is 0 Å². The number of aromatic nitrogens is 1. The molecule has 0 radical (unpaired) electrons. The lowest BCUT2D eigenvalue weighted by Crippen LogP contribution is -2.37. The number of hydrazone groups is 1. The Morgan fingerprint density at radius 3 is 2.73 bits per heavy atom. The summed E-state index contributed by atoms with van der Waals surface area (Å²) in [5, 5.41) is 13.3. The highest BCUT2D eigenvalue weighted by molar-refractivity contribution is 8.14. The molecule has 6 nitrogen and oxygen atoms in total. The van der Waals surface area contributed by atoms with E-state index in [1.807, 2.05) is 44.3 Å². The van der Waals surface area contributed by atoms with E-state index in [9.17, 15) is 9.90 Å². The Balaban J connectivity index is 1.90. The lowest BCUT2D eigenvalue weighted by atomic mass is 10.3. The summed E-state index contributed by atoms with van der Waals surface area (Å²) in [7, 11) is 1.81. The van der Waals surface area contributed by atoms with E-state index >= 15 is 0 Å². The molecular weight excluding hydrogens is 300 g/mol. The minimum absolute atomic E-state index is 0.0983. The number of anilines is 1. The van der Waals surface area contributed by atoms with Gasteiger partial charge in [0.25, 0.3) is 5.69 Å². The van der Waals surface area contributed by atoms with Crippen molar-refractivity contribution in [3.63, 3.8) is 0 Å². The number of hydrogen-bond donors (Lipinski definition) is 3. The monoisotopic (exact) mass is 317 g/mol. The van der Waals surface area contributed by atoms with Gasteiger partial charge in [0.15, 0.2) is 11.4 Å². The fourth-order valence-corrected chi connectivity index (χ4v) is 2.14. The van der Waals surface area contributed by atoms with Gasteiger partial charge in [-0.15, -0.1) is 0 Å². The van der Waals surface area contributed by atoms with Gasteiger partial charge < -0.3 is 9.83 Å². The normalized spacial score (nSPS) is 10.6. The van der Waals surface area contributed by atoms with Gasteiger partial charge in [0, 0.05) is 30.6 Å². The molecule has 2 aromatic rings. The summed E-state index contributed by atoms with van der Waals surface area (Å²) in [6.45, 7) is 1.91. The van der Waals surface area contributed by atoms with Crippen molar-refractivity contribution in [3.8, 4) is 5.75 Å². The quantitative estimate of drug-likeness (QED) is 0.350. The van der Waals surface area contributed by atoms with Gasteiger partial charge in [-0.05, 0) is 18.2 Å². The molecular formula is C15H17N4O2S+. The van der Waals surface area contributed by atoms with Gasteiger partial charge in [-0.3, -0.25) is 4.79 Å². The van der Waals surface area contributed by atoms with Gasteiger partial charge in [-0.1, -0.05) is 18.2 Å². The topological polar surface area (TPSA) is 77.6 Å². The van der Waals surface area contributed by atoms with Crippen LogP contribution in [0.4, 0.5) is 10.5 Å². The number of nitrogens with one attached hydrogen (secondary N) is 2. The van der Waals surface area contributed by atoms with E-state index < -0.39 is 0 Å². The SMILES string of the molecule is Cc1ccc(O)c(/C=N/NC(=O)SNc2ccccc2)[n+]1C. The lowest BCUT2D eigenvalue weighted by Gasteiger charge is -2.03. The summed E-state index contributed by atoms with van der Waals surface area (Å²) in [5.74, 6) is 0.0983. The van der Waals surface area contributed by atoms with Crippen molar-refractivity contribution >= 4 is 29.1 Å². The number of carbonyl (C=O) groups is 1. The Hall–Kier alpha value is -2.54. The third kappa shape index (κ3) is 4.23. The first kappa shape index (κ1) is 15.8. The number of amides is 1. The van der Waals surface area contributed by atoms with Gasteiger partial charge in [0.1, 0.15) is 13.3 Å². The number of hydrogen-bond acceptors (Lipinski definition) is 5. The Kier molecular flexibility index (Phi) is 5.37. The van der Waals surface area contributed by atoms with Crippen LogP contribution in [0.25, 0.3) is 0 Å². The zero-order chi connectivity index (χ0) is 15.9. The van der Waals surface area contributed by atoms with Crippen molar-refractivity contribution in [1.29, 1.82) is 0 Å². The lowest BCUT2D eigenvalue weighted by molar-refractivity contribution is -0.678. The molecule has 0 aliphatic carbocycles. The zero-order valence-corrected chi connectivity index (χ0v) is 13.1. The van der Waals surface area contributed by atoms with E-state index in [1.165, 1.54) is 6.21 Å². The third-order valence-electron chi connectivity index (χ3n) is 3.01. The molecule has 0 aliphatic rings. The number of benzene rings is 1. The molecule has 7 heteroatoms. The average Bonchev–Trinajstić information content (AvgIpc) is 2.53. The molecule has 0 atom stereocenters. The van der Waals surface area contributed by atoms with E-state index in [1.54, 1.807) is 16.7 Å². The van der Waals surface area contributed by atoms with Crippen molar-refractivity contribution in [2.75, 3.05) is 4.72 Å². The smallest absolute Gasteiger partial charge is 0.319 e. The van der Waals surface area contributed by atoms with Crippen LogP contribution in [0.2, 0.25) is 0 Å². The van der Waals surface area contributed by atoms with Crippen molar-refractivity contribution in [3.05, 3.63) is 53.9 Å². The molecule has 0 spiro atoms. The Morgan fingerprint density at radius 2 is 2.00 bits per heavy atom. The number of rotatable bonds is 4. The molecule has 0 saturated carbocycles. The first-order valence-electron chi connectivity index (χ1n) is 6.57. The summed E-state index contributed by atoms with van der Waals surface area (Å²) < 4.78 is 4.68. The molecule has 0 saturated heterocycles. The summed E-state index contributed by atoms with van der Waals surface area (Å²) >= 11 is 0.893. The maximum atomic E-state index is 11.6. The number of aryl methyl sites for hydroxylation is 1. The standard InChI is InChI=1S/C15H16N4O2S/c1-11-8-9-14(20)13(19(11)2)10-16-17-15(21)22-18-12-6-4-3-5-7-12/h3-10,18,20H,1-2H3/p+1. The van der Waals surface area contributed by atoms with Gasteiger partial charge in [-0.25, -0.2) is 5.43 Å². The molecule has 1 aromatic carbocycles. The van der Waals surface area contributed by atoms with E-state index in [-0.39, 0.29) is 11.0 Å². The van der Waals surface area contributed by atoms with Crippen molar-refractivity contribution < 1.29 is 14.5 Å². The zero-order valence-electron chi connectivity index (χ0n) is 12.3. The second-order valence-corrected chi connectivity index (χ2v) is 5.31. The van der Waals surface area contributed by atoms with Crippen molar-refractivity contribution in [2.24, 2.45) is 12.1 Å². The van der Waals surface area contributed by atoms with Crippen LogP contribution in [0.5, 0.6) is 5.75 Å². The molecule has 0 aliphatic heterocycles. The molecule has 22 heavy (non-hydrogen) atoms. The Bertz CT molecular complexity index is 689. The van der Waals surface area contributed by atoms with Crippen LogP contribution < -0.4 is 14.7 Å². The van der Waals surface area contributed by atoms with Crippen LogP contribution >= 0.6 is 11.9 Å². The highest BCUT2D eigenvalue weighted by Crippen LogP contribution is 2.12. The van der Waals surface area contributed by atoms with Crippen molar-refractivity contribution in [2.45, 2.75) is 6.92 Å². The predicted molar refractivity (Wildman–Crippen MR) is 87.8 cm³/mol. The van der Waals surface area contributed by atoms with Crippen LogP contribution in [0.15, 0.2) is 47.6 Å². The summed E-state index contributed by atoms with van der Waals surface area (Å²) in [6.07, 6.45) is 1.41.